The first-order chi connectivity index (χ1) is 16.7. The topological polar surface area (TPSA) is 79.8 Å². The normalized spacial score (nSPS) is 10.6. The number of nitrogens with zero attached hydrogens (tertiary/aromatic N) is 1. The lowest BCUT2D eigenvalue weighted by molar-refractivity contribution is 0.0954. The molecule has 0 saturated carbocycles. The fraction of sp³-hybridized carbons (Fsp3) is 0.0357. The third-order valence-electron chi connectivity index (χ3n) is 4.95. The summed E-state index contributed by atoms with van der Waals surface area (Å²) >= 11 is 0. The molecule has 0 atom stereocenters. The van der Waals surface area contributed by atoms with E-state index in [9.17, 15) is 9.59 Å². The average Bonchev–Trinajstić information content (AvgIpc) is 2.89. The quantitative estimate of drug-likeness (QED) is 0.284. The van der Waals surface area contributed by atoms with Crippen molar-refractivity contribution < 1.29 is 14.3 Å². The molecule has 4 aromatic carbocycles. The second-order valence-corrected chi connectivity index (χ2v) is 7.44. The van der Waals surface area contributed by atoms with Gasteiger partial charge in [0.2, 0.25) is 0 Å². The smallest absolute Gasteiger partial charge is 0.271 e. The van der Waals surface area contributed by atoms with E-state index in [2.05, 4.69) is 15.8 Å². The van der Waals surface area contributed by atoms with Gasteiger partial charge in [0.25, 0.3) is 11.8 Å². The van der Waals surface area contributed by atoms with Gasteiger partial charge in [-0.3, -0.25) is 9.59 Å². The summed E-state index contributed by atoms with van der Waals surface area (Å²) in [4.78, 5) is 24.5. The second-order valence-electron chi connectivity index (χ2n) is 7.44. The number of hydrogen-bond donors (Lipinski definition) is 2. The standard InChI is InChI=1S/C28H23N3O3/c32-27(23-9-5-2-6-10-23)30-25-15-13-24(14-16-25)28(33)31-29-19-21-11-17-26(18-12-21)34-20-22-7-3-1-4-8-22/h1-19H,20H2,(H,30,32)(H,31,33)/b29-19+. The number of carbonyl (C=O) groups is 2. The number of hydrazone groups is 1. The van der Waals surface area contributed by atoms with E-state index in [4.69, 9.17) is 4.74 Å². The number of benzene rings is 4. The van der Waals surface area contributed by atoms with Crippen LogP contribution in [0.25, 0.3) is 0 Å². The van der Waals surface area contributed by atoms with Crippen molar-refractivity contribution in [2.45, 2.75) is 6.61 Å². The number of anilines is 1. The first-order valence-electron chi connectivity index (χ1n) is 10.7. The Morgan fingerprint density at radius 3 is 2.00 bits per heavy atom. The van der Waals surface area contributed by atoms with Crippen molar-refractivity contribution in [3.05, 3.63) is 131 Å². The van der Waals surface area contributed by atoms with E-state index in [1.54, 1.807) is 54.7 Å². The Morgan fingerprint density at radius 2 is 1.32 bits per heavy atom. The van der Waals surface area contributed by atoms with Gasteiger partial charge >= 0.3 is 0 Å². The van der Waals surface area contributed by atoms with Gasteiger partial charge in [0.05, 0.1) is 6.21 Å². The first-order valence-corrected chi connectivity index (χ1v) is 10.7. The molecule has 0 heterocycles. The monoisotopic (exact) mass is 449 g/mol. The highest BCUT2D eigenvalue weighted by molar-refractivity contribution is 6.04. The molecule has 34 heavy (non-hydrogen) atoms. The molecule has 0 aliphatic carbocycles. The molecule has 0 spiro atoms. The molecule has 2 N–H and O–H groups in total. The van der Waals surface area contributed by atoms with E-state index in [-0.39, 0.29) is 11.8 Å². The van der Waals surface area contributed by atoms with Crippen LogP contribution < -0.4 is 15.5 Å². The molecule has 6 nitrogen and oxygen atoms in total. The molecule has 0 aliphatic heterocycles. The Morgan fingerprint density at radius 1 is 0.706 bits per heavy atom. The Hall–Kier alpha value is -4.71. The number of rotatable bonds is 8. The molecule has 0 aliphatic rings. The lowest BCUT2D eigenvalue weighted by atomic mass is 10.1. The minimum Gasteiger partial charge on any atom is -0.489 e. The van der Waals surface area contributed by atoms with Crippen LogP contribution in [0.5, 0.6) is 5.75 Å². The summed E-state index contributed by atoms with van der Waals surface area (Å²) in [5.74, 6) is 0.198. The van der Waals surface area contributed by atoms with E-state index in [1.165, 1.54) is 0 Å². The summed E-state index contributed by atoms with van der Waals surface area (Å²) in [6.45, 7) is 0.499. The molecular weight excluding hydrogens is 426 g/mol. The maximum Gasteiger partial charge on any atom is 0.271 e. The first kappa shape index (κ1) is 22.5. The Kier molecular flexibility index (Phi) is 7.43. The molecule has 168 valence electrons. The van der Waals surface area contributed by atoms with Crippen molar-refractivity contribution in [1.29, 1.82) is 0 Å². The van der Waals surface area contributed by atoms with Gasteiger partial charge in [0, 0.05) is 16.8 Å². The van der Waals surface area contributed by atoms with E-state index in [0.717, 1.165) is 16.9 Å². The predicted molar refractivity (Wildman–Crippen MR) is 133 cm³/mol. The highest BCUT2D eigenvalue weighted by Crippen LogP contribution is 2.14. The fourth-order valence-corrected chi connectivity index (χ4v) is 3.12. The molecule has 0 fully saturated rings. The third-order valence-corrected chi connectivity index (χ3v) is 4.95. The Balaban J connectivity index is 1.26. The number of carbonyl (C=O) groups excluding carboxylic acids is 2. The molecule has 0 saturated heterocycles. The van der Waals surface area contributed by atoms with Crippen molar-refractivity contribution >= 4 is 23.7 Å². The summed E-state index contributed by atoms with van der Waals surface area (Å²) in [7, 11) is 0. The van der Waals surface area contributed by atoms with Gasteiger partial charge < -0.3 is 10.1 Å². The minimum absolute atomic E-state index is 0.209. The number of ether oxygens (including phenoxy) is 1. The summed E-state index contributed by atoms with van der Waals surface area (Å²) in [6, 6.07) is 32.9. The molecular formula is C28H23N3O3. The molecule has 0 unspecified atom stereocenters. The Labute approximate surface area is 197 Å². The van der Waals surface area contributed by atoms with Crippen LogP contribution in [0.3, 0.4) is 0 Å². The van der Waals surface area contributed by atoms with E-state index in [0.29, 0.717) is 23.4 Å². The van der Waals surface area contributed by atoms with Crippen molar-refractivity contribution in [3.63, 3.8) is 0 Å². The highest BCUT2D eigenvalue weighted by Gasteiger charge is 2.07. The molecule has 0 aromatic heterocycles. The van der Waals surface area contributed by atoms with Gasteiger partial charge in [-0.25, -0.2) is 5.43 Å². The van der Waals surface area contributed by atoms with Gasteiger partial charge in [-0.2, -0.15) is 5.10 Å². The number of nitrogens with one attached hydrogen (secondary N) is 2. The predicted octanol–water partition coefficient (Wildman–Crippen LogP) is 5.28. The van der Waals surface area contributed by atoms with Crippen LogP contribution in [0.1, 0.15) is 31.8 Å². The van der Waals surface area contributed by atoms with Crippen LogP contribution in [-0.4, -0.2) is 18.0 Å². The number of hydrogen-bond acceptors (Lipinski definition) is 4. The zero-order valence-electron chi connectivity index (χ0n) is 18.3. The largest absolute Gasteiger partial charge is 0.489 e. The maximum atomic E-state index is 12.3. The van der Waals surface area contributed by atoms with Crippen molar-refractivity contribution in [3.8, 4) is 5.75 Å². The van der Waals surface area contributed by atoms with Gasteiger partial charge in [0.1, 0.15) is 12.4 Å². The molecule has 4 aromatic rings. The lowest BCUT2D eigenvalue weighted by Gasteiger charge is -2.07. The van der Waals surface area contributed by atoms with Crippen LogP contribution in [0.2, 0.25) is 0 Å². The third kappa shape index (κ3) is 6.40. The summed E-state index contributed by atoms with van der Waals surface area (Å²) in [5, 5.41) is 6.82. The van der Waals surface area contributed by atoms with Gasteiger partial charge in [0.15, 0.2) is 0 Å². The van der Waals surface area contributed by atoms with Gasteiger partial charge in [-0.15, -0.1) is 0 Å². The average molecular weight is 450 g/mol. The van der Waals surface area contributed by atoms with Crippen LogP contribution >= 0.6 is 0 Å². The van der Waals surface area contributed by atoms with Crippen LogP contribution in [0.15, 0.2) is 114 Å². The second kappa shape index (κ2) is 11.2. The van der Waals surface area contributed by atoms with Crippen LogP contribution in [0.4, 0.5) is 5.69 Å². The maximum absolute atomic E-state index is 12.3. The summed E-state index contributed by atoms with van der Waals surface area (Å²) in [6.07, 6.45) is 1.56. The number of amides is 2. The van der Waals surface area contributed by atoms with Crippen molar-refractivity contribution in [1.82, 2.24) is 5.43 Å². The molecule has 2 amide bonds. The zero-order chi connectivity index (χ0) is 23.6. The molecule has 4 rings (SSSR count). The zero-order valence-corrected chi connectivity index (χ0v) is 18.3. The Bertz CT molecular complexity index is 1250. The molecule has 0 radical (unpaired) electrons. The van der Waals surface area contributed by atoms with Crippen LogP contribution in [0, 0.1) is 0 Å². The summed E-state index contributed by atoms with van der Waals surface area (Å²) < 4.78 is 5.77. The van der Waals surface area contributed by atoms with Gasteiger partial charge in [-0.1, -0.05) is 48.5 Å². The van der Waals surface area contributed by atoms with E-state index >= 15 is 0 Å². The van der Waals surface area contributed by atoms with Crippen LogP contribution in [-0.2, 0) is 6.61 Å². The lowest BCUT2D eigenvalue weighted by Crippen LogP contribution is -2.17. The van der Waals surface area contributed by atoms with Crippen molar-refractivity contribution in [2.75, 3.05) is 5.32 Å². The SMILES string of the molecule is O=C(N/N=C/c1ccc(OCc2ccccc2)cc1)c1ccc(NC(=O)c2ccccc2)cc1. The highest BCUT2D eigenvalue weighted by atomic mass is 16.5. The van der Waals surface area contributed by atoms with E-state index in [1.807, 2.05) is 60.7 Å². The molecule has 6 heteroatoms. The van der Waals surface area contributed by atoms with E-state index < -0.39 is 0 Å². The fourth-order valence-electron chi connectivity index (χ4n) is 3.12. The minimum atomic E-state index is -0.347. The van der Waals surface area contributed by atoms with Crippen molar-refractivity contribution in [2.24, 2.45) is 5.10 Å². The van der Waals surface area contributed by atoms with Gasteiger partial charge in [-0.05, 0) is 71.8 Å². The summed E-state index contributed by atoms with van der Waals surface area (Å²) in [5.41, 5.74) is 6.03. The molecule has 0 bridgehead atoms.